The highest BCUT2D eigenvalue weighted by Gasteiger charge is 2.41. The number of benzene rings is 1. The van der Waals surface area contributed by atoms with Crippen LogP contribution in [0.15, 0.2) is 61.3 Å². The summed E-state index contributed by atoms with van der Waals surface area (Å²) in [5, 5.41) is 3.00. The maximum absolute atomic E-state index is 13.1. The predicted octanol–water partition coefficient (Wildman–Crippen LogP) is 3.33. The highest BCUT2D eigenvalue weighted by atomic mass is 16.5. The second-order valence-corrected chi connectivity index (χ2v) is 6.00. The number of nitrogens with zero attached hydrogens (tertiary/aromatic N) is 1. The van der Waals surface area contributed by atoms with Crippen molar-refractivity contribution < 1.29 is 14.3 Å². The molecule has 0 bridgehead atoms. The third-order valence-electron chi connectivity index (χ3n) is 4.45. The molecule has 2 aromatic rings. The van der Waals surface area contributed by atoms with E-state index >= 15 is 0 Å². The largest absolute Gasteiger partial charge is 0.473 e. The molecule has 1 aliphatic heterocycles. The van der Waals surface area contributed by atoms with Crippen LogP contribution in [0, 0.1) is 0 Å². The van der Waals surface area contributed by atoms with E-state index in [1.165, 1.54) is 0 Å². The number of anilines is 1. The lowest BCUT2D eigenvalue weighted by atomic mass is 9.73. The maximum atomic E-state index is 13.1. The van der Waals surface area contributed by atoms with E-state index in [4.69, 9.17) is 9.47 Å². The smallest absolute Gasteiger partial charge is 0.235 e. The van der Waals surface area contributed by atoms with Gasteiger partial charge in [0.1, 0.15) is 6.61 Å². The van der Waals surface area contributed by atoms with E-state index in [0.717, 1.165) is 5.56 Å². The summed E-state index contributed by atoms with van der Waals surface area (Å²) in [6.45, 7) is 5.16. The number of amides is 1. The molecule has 0 aliphatic carbocycles. The zero-order chi connectivity index (χ0) is 17.5. The summed E-state index contributed by atoms with van der Waals surface area (Å²) < 4.78 is 10.8. The van der Waals surface area contributed by atoms with Crippen molar-refractivity contribution in [2.75, 3.05) is 25.1 Å². The summed E-state index contributed by atoms with van der Waals surface area (Å²) in [7, 11) is 0. The van der Waals surface area contributed by atoms with Gasteiger partial charge in [0.15, 0.2) is 0 Å². The number of pyridine rings is 1. The van der Waals surface area contributed by atoms with Gasteiger partial charge in [-0.3, -0.25) is 4.79 Å². The van der Waals surface area contributed by atoms with Gasteiger partial charge in [0, 0.05) is 19.3 Å². The molecule has 1 fully saturated rings. The summed E-state index contributed by atoms with van der Waals surface area (Å²) >= 11 is 0. The molecule has 5 nitrogen and oxygen atoms in total. The molecule has 1 aliphatic rings. The first-order valence-corrected chi connectivity index (χ1v) is 8.39. The third kappa shape index (κ3) is 3.88. The highest BCUT2D eigenvalue weighted by molar-refractivity contribution is 5.99. The van der Waals surface area contributed by atoms with Gasteiger partial charge in [-0.2, -0.15) is 0 Å². The summed E-state index contributed by atoms with van der Waals surface area (Å²) in [6, 6.07) is 13.4. The van der Waals surface area contributed by atoms with Crippen LogP contribution in [0.3, 0.4) is 0 Å². The average Bonchev–Trinajstić information content (AvgIpc) is 2.68. The SMILES string of the molecule is C=CCOc1ccc(NC(=O)C2(c3ccccc3)CCOCC2)cn1. The van der Waals surface area contributed by atoms with Crippen molar-refractivity contribution in [3.05, 3.63) is 66.9 Å². The minimum atomic E-state index is -0.572. The van der Waals surface area contributed by atoms with E-state index in [1.807, 2.05) is 30.3 Å². The number of ether oxygens (including phenoxy) is 2. The predicted molar refractivity (Wildman–Crippen MR) is 96.7 cm³/mol. The van der Waals surface area contributed by atoms with Crippen molar-refractivity contribution in [1.29, 1.82) is 0 Å². The number of aromatic nitrogens is 1. The summed E-state index contributed by atoms with van der Waals surface area (Å²) in [5.74, 6) is 0.477. The van der Waals surface area contributed by atoms with Gasteiger partial charge in [0.2, 0.25) is 11.8 Å². The molecule has 1 N–H and O–H groups in total. The quantitative estimate of drug-likeness (QED) is 0.821. The zero-order valence-corrected chi connectivity index (χ0v) is 14.1. The van der Waals surface area contributed by atoms with Crippen LogP contribution in [0.1, 0.15) is 18.4 Å². The van der Waals surface area contributed by atoms with Gasteiger partial charge < -0.3 is 14.8 Å². The number of carbonyl (C=O) groups excluding carboxylic acids is 1. The standard InChI is InChI=1S/C20H22N2O3/c1-2-12-25-18-9-8-17(15-21-18)22-19(23)20(10-13-24-14-11-20)16-6-4-3-5-7-16/h2-9,15H,1,10-14H2,(H,22,23). The van der Waals surface area contributed by atoms with Gasteiger partial charge >= 0.3 is 0 Å². The molecule has 25 heavy (non-hydrogen) atoms. The van der Waals surface area contributed by atoms with Crippen LogP contribution in [0.25, 0.3) is 0 Å². The van der Waals surface area contributed by atoms with Crippen LogP contribution in [-0.2, 0) is 14.9 Å². The van der Waals surface area contributed by atoms with Gasteiger partial charge in [0.25, 0.3) is 0 Å². The fourth-order valence-corrected chi connectivity index (χ4v) is 3.06. The monoisotopic (exact) mass is 338 g/mol. The van der Waals surface area contributed by atoms with E-state index in [1.54, 1.807) is 24.4 Å². The van der Waals surface area contributed by atoms with E-state index in [9.17, 15) is 4.79 Å². The molecule has 0 saturated carbocycles. The Hall–Kier alpha value is -2.66. The molecule has 0 atom stereocenters. The van der Waals surface area contributed by atoms with Crippen LogP contribution in [0.2, 0.25) is 0 Å². The second-order valence-electron chi connectivity index (χ2n) is 6.00. The van der Waals surface area contributed by atoms with E-state index in [0.29, 0.717) is 44.2 Å². The lowest BCUT2D eigenvalue weighted by Crippen LogP contribution is -2.44. The Bertz CT molecular complexity index is 707. The number of hydrogen-bond acceptors (Lipinski definition) is 4. The molecule has 130 valence electrons. The molecule has 1 aromatic heterocycles. The van der Waals surface area contributed by atoms with Crippen molar-refractivity contribution >= 4 is 11.6 Å². The van der Waals surface area contributed by atoms with Gasteiger partial charge in [-0.1, -0.05) is 43.0 Å². The Morgan fingerprint density at radius 2 is 2.00 bits per heavy atom. The fraction of sp³-hybridized carbons (Fsp3) is 0.300. The van der Waals surface area contributed by atoms with Crippen LogP contribution >= 0.6 is 0 Å². The lowest BCUT2D eigenvalue weighted by molar-refractivity contribution is -0.125. The molecule has 0 radical (unpaired) electrons. The minimum absolute atomic E-state index is 0.0245. The van der Waals surface area contributed by atoms with E-state index in [2.05, 4.69) is 16.9 Å². The number of nitrogens with one attached hydrogen (secondary N) is 1. The molecule has 1 saturated heterocycles. The molecule has 0 unspecified atom stereocenters. The molecular weight excluding hydrogens is 316 g/mol. The van der Waals surface area contributed by atoms with E-state index < -0.39 is 5.41 Å². The molecule has 1 aromatic carbocycles. The lowest BCUT2D eigenvalue weighted by Gasteiger charge is -2.36. The first-order valence-electron chi connectivity index (χ1n) is 8.39. The van der Waals surface area contributed by atoms with Crippen LogP contribution < -0.4 is 10.1 Å². The summed E-state index contributed by atoms with van der Waals surface area (Å²) in [4.78, 5) is 17.3. The zero-order valence-electron chi connectivity index (χ0n) is 14.1. The minimum Gasteiger partial charge on any atom is -0.473 e. The number of rotatable bonds is 6. The first-order chi connectivity index (χ1) is 12.2. The molecule has 1 amide bonds. The Kier molecular flexibility index (Phi) is 5.46. The summed E-state index contributed by atoms with van der Waals surface area (Å²) in [5.41, 5.74) is 1.10. The molecule has 2 heterocycles. The Balaban J connectivity index is 1.78. The van der Waals surface area contributed by atoms with Crippen molar-refractivity contribution in [2.45, 2.75) is 18.3 Å². The number of carbonyl (C=O) groups is 1. The van der Waals surface area contributed by atoms with Gasteiger partial charge in [0.05, 0.1) is 17.3 Å². The molecule has 5 heteroatoms. The van der Waals surface area contributed by atoms with Gasteiger partial charge in [-0.25, -0.2) is 4.98 Å². The summed E-state index contributed by atoms with van der Waals surface area (Å²) in [6.07, 6.45) is 4.59. The van der Waals surface area contributed by atoms with Gasteiger partial charge in [-0.05, 0) is 24.5 Å². The Morgan fingerprint density at radius 3 is 2.64 bits per heavy atom. The highest BCUT2D eigenvalue weighted by Crippen LogP contribution is 2.36. The molecule has 0 spiro atoms. The molecular formula is C20H22N2O3. The van der Waals surface area contributed by atoms with Crippen molar-refractivity contribution in [3.63, 3.8) is 0 Å². The van der Waals surface area contributed by atoms with E-state index in [-0.39, 0.29) is 5.91 Å². The van der Waals surface area contributed by atoms with Crippen molar-refractivity contribution in [3.8, 4) is 5.88 Å². The topological polar surface area (TPSA) is 60.5 Å². The number of hydrogen-bond donors (Lipinski definition) is 1. The molecule has 3 rings (SSSR count). The van der Waals surface area contributed by atoms with Crippen molar-refractivity contribution in [2.24, 2.45) is 0 Å². The fourth-order valence-electron chi connectivity index (χ4n) is 3.06. The Labute approximate surface area is 147 Å². The van der Waals surface area contributed by atoms with Crippen LogP contribution in [0.4, 0.5) is 5.69 Å². The van der Waals surface area contributed by atoms with Gasteiger partial charge in [-0.15, -0.1) is 0 Å². The third-order valence-corrected chi connectivity index (χ3v) is 4.45. The average molecular weight is 338 g/mol. The first kappa shape index (κ1) is 17.2. The van der Waals surface area contributed by atoms with Crippen molar-refractivity contribution in [1.82, 2.24) is 4.98 Å². The Morgan fingerprint density at radius 1 is 1.24 bits per heavy atom. The normalized spacial score (nSPS) is 16.0. The van der Waals surface area contributed by atoms with Crippen LogP contribution in [-0.4, -0.2) is 30.7 Å². The second kappa shape index (κ2) is 7.94. The van der Waals surface area contributed by atoms with Crippen LogP contribution in [0.5, 0.6) is 5.88 Å². The maximum Gasteiger partial charge on any atom is 0.235 e.